The topological polar surface area (TPSA) is 104 Å². The van der Waals surface area contributed by atoms with Gasteiger partial charge in [-0.2, -0.15) is 6.07 Å². The summed E-state index contributed by atoms with van der Waals surface area (Å²) in [6, 6.07) is 7.60. The smallest absolute Gasteiger partial charge is 0.306 e. The van der Waals surface area contributed by atoms with Gasteiger partial charge in [0, 0.05) is 23.5 Å². The second kappa shape index (κ2) is 21.4. The quantitative estimate of drug-likeness (QED) is 0.103. The summed E-state index contributed by atoms with van der Waals surface area (Å²) in [7, 11) is 5.59. The molecule has 1 aromatic heterocycles. The van der Waals surface area contributed by atoms with Crippen molar-refractivity contribution in [2.24, 2.45) is 11.7 Å². The molecule has 0 aliphatic carbocycles. The number of rotatable bonds is 15. The molecule has 1 aromatic carbocycles. The zero-order valence-electron chi connectivity index (χ0n) is 28.8. The van der Waals surface area contributed by atoms with E-state index < -0.39 is 17.9 Å². The van der Waals surface area contributed by atoms with Crippen molar-refractivity contribution in [2.45, 2.75) is 73.3 Å². The number of ether oxygens (including phenoxy) is 2. The zero-order chi connectivity index (χ0) is 34.3. The number of esters is 1. The maximum atomic E-state index is 14.4. The minimum Gasteiger partial charge on any atom is -0.497 e. The molecule has 0 saturated heterocycles. The van der Waals surface area contributed by atoms with Crippen LogP contribution in [0.25, 0.3) is 5.57 Å². The number of nitrogens with two attached hydrogens (primary N) is 1. The van der Waals surface area contributed by atoms with Gasteiger partial charge in [0.25, 0.3) is 0 Å². The van der Waals surface area contributed by atoms with Gasteiger partial charge < -0.3 is 29.5 Å². The molecule has 1 unspecified atom stereocenters. The maximum Gasteiger partial charge on any atom is 0.306 e. The number of allylic oxidation sites excluding steroid dienone is 5. The average molecular weight is 681 g/mol. The van der Waals surface area contributed by atoms with Crippen LogP contribution in [0.5, 0.6) is 5.75 Å². The molecule has 1 atom stereocenters. The average Bonchev–Trinajstić information content (AvgIpc) is 2.94. The van der Waals surface area contributed by atoms with Gasteiger partial charge in [-0.15, -0.1) is 11.6 Å². The Morgan fingerprint density at radius 3 is 2.24 bits per heavy atom. The number of aryl methyl sites for hydroxylation is 2. The summed E-state index contributed by atoms with van der Waals surface area (Å²) in [4.78, 5) is 37.0. The van der Waals surface area contributed by atoms with E-state index in [0.29, 0.717) is 13.0 Å². The number of pyridine rings is 1. The number of primary amides is 1. The van der Waals surface area contributed by atoms with Crippen LogP contribution in [0.1, 0.15) is 75.3 Å². The van der Waals surface area contributed by atoms with Crippen molar-refractivity contribution in [1.82, 2.24) is 9.47 Å². The predicted molar refractivity (Wildman–Crippen MR) is 180 cm³/mol. The Labute approximate surface area is 285 Å². The molecular formula is C36H51FFeN3O5-. The van der Waals surface area contributed by atoms with Crippen LogP contribution in [0.3, 0.4) is 0 Å². The van der Waals surface area contributed by atoms with Crippen molar-refractivity contribution in [3.8, 4) is 5.75 Å². The van der Waals surface area contributed by atoms with Crippen LogP contribution in [0, 0.1) is 25.8 Å². The van der Waals surface area contributed by atoms with Gasteiger partial charge in [0.2, 0.25) is 5.91 Å². The van der Waals surface area contributed by atoms with Gasteiger partial charge in [-0.05, 0) is 108 Å². The minimum absolute atomic E-state index is 0. The number of nitrogens with zero attached hydrogens (tertiary/aromatic N) is 2. The molecule has 0 aliphatic rings. The second-order valence-electron chi connectivity index (χ2n) is 11.8. The summed E-state index contributed by atoms with van der Waals surface area (Å²) in [5.74, 6) is -0.178. The molecule has 46 heavy (non-hydrogen) atoms. The van der Waals surface area contributed by atoms with Crippen LogP contribution in [0.4, 0.5) is 4.39 Å². The summed E-state index contributed by atoms with van der Waals surface area (Å²) < 4.78 is 25.9. The van der Waals surface area contributed by atoms with Gasteiger partial charge in [-0.25, -0.2) is 4.39 Å². The zero-order valence-corrected chi connectivity index (χ0v) is 29.9. The SMILES string of the molecule is C=C(C)/C=C(\C=C(/F)CCC(=O)OCC)c1c(C)cc(OC)cc1C.CC(C)CC(C(N)=O)n1cc(CCN(C)C)[c-]cc1=O.[Fe]. The standard InChI is InChI=1S/C21H27FO3.C15H24N3O2.Fe/c1-7-25-20(23)9-8-18(22)13-17(10-14(2)3)21-15(4)11-19(24-6)12-16(21)5;1-11(2)9-13(15(16)20)18-10-12(5-6-14(18)19)7-8-17(3)4;/h10-13H,2,7-9H2,1,3-6H3;6,10-11,13H,7-9H2,1-4H3,(H2,16,20);/q;-1;/b17-10+,18-13-;;. The number of hydrogen-bond acceptors (Lipinski definition) is 6. The van der Waals surface area contributed by atoms with Crippen LogP contribution in [-0.4, -0.2) is 55.7 Å². The van der Waals surface area contributed by atoms with Crippen molar-refractivity contribution < 1.29 is 40.5 Å². The van der Waals surface area contributed by atoms with Crippen molar-refractivity contribution in [2.75, 3.05) is 34.4 Å². The number of hydrogen-bond donors (Lipinski definition) is 1. The third-order valence-electron chi connectivity index (χ3n) is 6.74. The molecular weight excluding hydrogens is 629 g/mol. The fraction of sp³-hybridized carbons (Fsp3) is 0.472. The van der Waals surface area contributed by atoms with Crippen LogP contribution >= 0.6 is 0 Å². The fourth-order valence-electron chi connectivity index (χ4n) is 4.68. The van der Waals surface area contributed by atoms with Crippen LogP contribution in [0.2, 0.25) is 0 Å². The van der Waals surface area contributed by atoms with Crippen molar-refractivity contribution >= 4 is 17.4 Å². The van der Waals surface area contributed by atoms with E-state index in [1.807, 2.05) is 66.9 Å². The van der Waals surface area contributed by atoms with E-state index in [2.05, 4.69) is 17.5 Å². The molecule has 0 aliphatic heterocycles. The Balaban J connectivity index is 0.000000882. The number of methoxy groups -OCH3 is 1. The molecule has 10 heteroatoms. The van der Waals surface area contributed by atoms with Gasteiger partial charge in [0.1, 0.15) is 17.1 Å². The summed E-state index contributed by atoms with van der Waals surface area (Å²) >= 11 is 0. The van der Waals surface area contributed by atoms with Crippen LogP contribution in [0.15, 0.2) is 59.3 Å². The molecule has 0 spiro atoms. The summed E-state index contributed by atoms with van der Waals surface area (Å²) in [5.41, 5.74) is 10.6. The summed E-state index contributed by atoms with van der Waals surface area (Å²) in [6.45, 7) is 16.6. The normalized spacial score (nSPS) is 12.2. The molecule has 2 rings (SSSR count). The van der Waals surface area contributed by atoms with E-state index >= 15 is 0 Å². The van der Waals surface area contributed by atoms with E-state index in [0.717, 1.165) is 52.1 Å². The Kier molecular flexibility index (Phi) is 19.7. The summed E-state index contributed by atoms with van der Waals surface area (Å²) in [5, 5.41) is 0. The fourth-order valence-corrected chi connectivity index (χ4v) is 4.68. The number of carbonyl (C=O) groups is 2. The molecule has 0 bridgehead atoms. The van der Waals surface area contributed by atoms with Crippen molar-refractivity contribution in [3.63, 3.8) is 0 Å². The van der Waals surface area contributed by atoms with Gasteiger partial charge in [-0.3, -0.25) is 9.59 Å². The van der Waals surface area contributed by atoms with Gasteiger partial charge in [0.15, 0.2) is 0 Å². The molecule has 8 nitrogen and oxygen atoms in total. The molecule has 1 amide bonds. The van der Waals surface area contributed by atoms with E-state index in [1.165, 1.54) is 16.7 Å². The molecule has 0 saturated carbocycles. The predicted octanol–water partition coefficient (Wildman–Crippen LogP) is 6.29. The third-order valence-corrected chi connectivity index (χ3v) is 6.74. The molecule has 256 valence electrons. The van der Waals surface area contributed by atoms with Crippen molar-refractivity contribution in [1.29, 1.82) is 0 Å². The van der Waals surface area contributed by atoms with Crippen molar-refractivity contribution in [3.05, 3.63) is 93.2 Å². The second-order valence-corrected chi connectivity index (χ2v) is 11.8. The van der Waals surface area contributed by atoms with Gasteiger partial charge in [0.05, 0.1) is 26.2 Å². The first kappa shape index (κ1) is 42.5. The third kappa shape index (κ3) is 15.2. The maximum absolute atomic E-state index is 14.4. The van der Waals surface area contributed by atoms with Gasteiger partial charge in [-0.1, -0.05) is 38.3 Å². The Bertz CT molecular complexity index is 1410. The Morgan fingerprint density at radius 2 is 1.76 bits per heavy atom. The summed E-state index contributed by atoms with van der Waals surface area (Å²) in [6.07, 6.45) is 6.40. The minimum atomic E-state index is -0.588. The largest absolute Gasteiger partial charge is 0.497 e. The van der Waals surface area contributed by atoms with Crippen LogP contribution < -0.4 is 16.0 Å². The van der Waals surface area contributed by atoms with Gasteiger partial charge >= 0.3 is 5.97 Å². The number of amides is 1. The van der Waals surface area contributed by atoms with E-state index in [9.17, 15) is 18.8 Å². The number of likely N-dealkylation sites (N-methyl/N-ethyl adjacent to an activating group) is 1. The number of benzene rings is 1. The van der Waals surface area contributed by atoms with E-state index in [4.69, 9.17) is 15.2 Å². The molecule has 1 heterocycles. The molecule has 0 radical (unpaired) electrons. The molecule has 0 fully saturated rings. The Hall–Kier alpha value is -3.46. The first-order valence-corrected chi connectivity index (χ1v) is 15.2. The first-order chi connectivity index (χ1) is 21.1. The number of carbonyl (C=O) groups excluding carboxylic acids is 2. The Morgan fingerprint density at radius 1 is 1.15 bits per heavy atom. The molecule has 2 N–H and O–H groups in total. The van der Waals surface area contributed by atoms with Crippen LogP contribution in [-0.2, 0) is 37.8 Å². The van der Waals surface area contributed by atoms with E-state index in [1.54, 1.807) is 20.2 Å². The van der Waals surface area contributed by atoms with E-state index in [-0.39, 0.29) is 47.2 Å². The first-order valence-electron chi connectivity index (χ1n) is 15.2. The molecule has 2 aromatic rings. The number of halogens is 1. The monoisotopic (exact) mass is 680 g/mol. The number of aromatic nitrogens is 1.